The predicted octanol–water partition coefficient (Wildman–Crippen LogP) is 6.91. The number of pyridine rings is 1. The summed E-state index contributed by atoms with van der Waals surface area (Å²) in [5.74, 6) is 0.413. The maximum absolute atomic E-state index is 13.1. The van der Waals surface area contributed by atoms with Gasteiger partial charge in [0.1, 0.15) is 6.10 Å². The molecule has 2 N–H and O–H groups in total. The van der Waals surface area contributed by atoms with Crippen LogP contribution >= 0.6 is 23.2 Å². The summed E-state index contributed by atoms with van der Waals surface area (Å²) in [5, 5.41) is 0.605. The Balaban J connectivity index is 1.61. The zero-order valence-electron chi connectivity index (χ0n) is 20.6. The van der Waals surface area contributed by atoms with Crippen LogP contribution in [0.3, 0.4) is 0 Å². The third-order valence-electron chi connectivity index (χ3n) is 6.02. The zero-order valence-corrected chi connectivity index (χ0v) is 22.1. The van der Waals surface area contributed by atoms with E-state index in [2.05, 4.69) is 9.72 Å². The van der Waals surface area contributed by atoms with Gasteiger partial charge in [-0.1, -0.05) is 41.4 Å². The Morgan fingerprint density at radius 3 is 2.42 bits per heavy atom. The van der Waals surface area contributed by atoms with Gasteiger partial charge in [0.2, 0.25) is 0 Å². The number of amides is 1. The number of alkyl halides is 2. The molecule has 1 amide bonds. The van der Waals surface area contributed by atoms with Crippen molar-refractivity contribution in [3.63, 3.8) is 0 Å². The molecule has 1 aliphatic rings. The third kappa shape index (κ3) is 7.61. The van der Waals surface area contributed by atoms with E-state index in [4.69, 9.17) is 38.4 Å². The predicted molar refractivity (Wildman–Crippen MR) is 141 cm³/mol. The maximum atomic E-state index is 13.1. The van der Waals surface area contributed by atoms with Gasteiger partial charge in [-0.25, -0.2) is 4.79 Å². The number of nitrogens with zero attached hydrogens (tertiary/aromatic N) is 2. The molecule has 202 valence electrons. The Kier molecular flexibility index (Phi) is 9.12. The molecule has 0 radical (unpaired) electrons. The largest absolute Gasteiger partial charge is 0.489 e. The van der Waals surface area contributed by atoms with Gasteiger partial charge < -0.3 is 24.8 Å². The number of anilines is 1. The number of rotatable bonds is 11. The highest BCUT2D eigenvalue weighted by molar-refractivity contribution is 6.35. The Hall–Kier alpha value is -3.30. The molecule has 4 rings (SSSR count). The minimum Gasteiger partial charge on any atom is -0.489 e. The molecule has 0 unspecified atom stereocenters. The van der Waals surface area contributed by atoms with Gasteiger partial charge in [-0.3, -0.25) is 4.98 Å². The first-order valence-corrected chi connectivity index (χ1v) is 12.7. The van der Waals surface area contributed by atoms with Gasteiger partial charge in [0, 0.05) is 38.1 Å². The van der Waals surface area contributed by atoms with Crippen LogP contribution in [-0.4, -0.2) is 36.2 Å². The number of nitrogen functional groups attached to an aromatic ring is 1. The lowest BCUT2D eigenvalue weighted by Gasteiger charge is -2.24. The number of nitrogens with two attached hydrogens (primary N) is 1. The van der Waals surface area contributed by atoms with E-state index >= 15 is 0 Å². The molecule has 1 heterocycles. The molecule has 38 heavy (non-hydrogen) atoms. The summed E-state index contributed by atoms with van der Waals surface area (Å²) in [4.78, 5) is 18.5. The zero-order chi connectivity index (χ0) is 27.2. The number of ether oxygens (including phenoxy) is 3. The van der Waals surface area contributed by atoms with Crippen molar-refractivity contribution in [2.75, 3.05) is 19.4 Å². The van der Waals surface area contributed by atoms with Crippen molar-refractivity contribution in [3.05, 3.63) is 81.6 Å². The standard InChI is InChI=1S/C27H27Cl2F2N3O4/c1-34(14-16-4-7-19(32)8-5-16)27(35)38-24(11-20-21(28)12-33-13-22(20)29)18-6-9-23(37-26(30)31)25(10-18)36-15-17-2-3-17/h4-10,12-13,17,24,26H,2-3,11,14-15,32H2,1H3/t24-/m0/s1. The second-order valence-electron chi connectivity index (χ2n) is 9.09. The number of carbonyl (C=O) groups is 1. The fraction of sp³-hybridized carbons (Fsp3) is 0.333. The Labute approximate surface area is 229 Å². The van der Waals surface area contributed by atoms with Crippen molar-refractivity contribution in [1.29, 1.82) is 0 Å². The van der Waals surface area contributed by atoms with E-state index in [9.17, 15) is 13.6 Å². The summed E-state index contributed by atoms with van der Waals surface area (Å²) >= 11 is 12.7. The van der Waals surface area contributed by atoms with E-state index in [-0.39, 0.29) is 24.5 Å². The molecular weight excluding hydrogens is 539 g/mol. The van der Waals surface area contributed by atoms with Crippen molar-refractivity contribution in [3.8, 4) is 11.5 Å². The van der Waals surface area contributed by atoms with Crippen molar-refractivity contribution >= 4 is 35.0 Å². The lowest BCUT2D eigenvalue weighted by Crippen LogP contribution is -2.29. The molecule has 1 saturated carbocycles. The molecule has 1 fully saturated rings. The smallest absolute Gasteiger partial charge is 0.410 e. The Morgan fingerprint density at radius 2 is 1.79 bits per heavy atom. The first-order chi connectivity index (χ1) is 18.2. The van der Waals surface area contributed by atoms with Gasteiger partial charge in [-0.05, 0) is 59.7 Å². The van der Waals surface area contributed by atoms with Crippen LogP contribution in [0.25, 0.3) is 0 Å². The van der Waals surface area contributed by atoms with Crippen LogP contribution in [-0.2, 0) is 17.7 Å². The average Bonchev–Trinajstić information content (AvgIpc) is 3.70. The normalized spacial score (nSPS) is 13.7. The molecule has 1 atom stereocenters. The molecule has 0 saturated heterocycles. The van der Waals surface area contributed by atoms with Crippen LogP contribution in [0.5, 0.6) is 11.5 Å². The first-order valence-electron chi connectivity index (χ1n) is 11.9. The highest BCUT2D eigenvalue weighted by Crippen LogP contribution is 2.38. The number of hydrogen-bond donors (Lipinski definition) is 1. The quantitative estimate of drug-likeness (QED) is 0.254. The summed E-state index contributed by atoms with van der Waals surface area (Å²) in [5.41, 5.74) is 8.24. The van der Waals surface area contributed by atoms with Crippen molar-refractivity contribution < 1.29 is 27.8 Å². The molecule has 1 aliphatic carbocycles. The van der Waals surface area contributed by atoms with Crippen molar-refractivity contribution in [1.82, 2.24) is 9.88 Å². The van der Waals surface area contributed by atoms with Gasteiger partial charge in [0.25, 0.3) is 0 Å². The summed E-state index contributed by atoms with van der Waals surface area (Å²) in [7, 11) is 1.60. The van der Waals surface area contributed by atoms with E-state index in [0.717, 1.165) is 18.4 Å². The molecule has 2 aromatic carbocycles. The van der Waals surface area contributed by atoms with Crippen LogP contribution in [0.1, 0.15) is 35.6 Å². The number of hydrogen-bond acceptors (Lipinski definition) is 6. The van der Waals surface area contributed by atoms with Crippen LogP contribution < -0.4 is 15.2 Å². The third-order valence-corrected chi connectivity index (χ3v) is 6.67. The van der Waals surface area contributed by atoms with Crippen LogP contribution in [0.4, 0.5) is 19.3 Å². The topological polar surface area (TPSA) is 86.9 Å². The van der Waals surface area contributed by atoms with Gasteiger partial charge in [-0.2, -0.15) is 8.78 Å². The van der Waals surface area contributed by atoms with Crippen LogP contribution in [0.2, 0.25) is 10.0 Å². The summed E-state index contributed by atoms with van der Waals surface area (Å²) in [6.07, 6.45) is 3.55. The minimum absolute atomic E-state index is 0.102. The lowest BCUT2D eigenvalue weighted by atomic mass is 10.0. The van der Waals surface area contributed by atoms with E-state index in [1.165, 1.54) is 23.4 Å². The van der Waals surface area contributed by atoms with Gasteiger partial charge in [-0.15, -0.1) is 0 Å². The van der Waals surface area contributed by atoms with Crippen LogP contribution in [0.15, 0.2) is 54.9 Å². The molecule has 0 aliphatic heterocycles. The van der Waals surface area contributed by atoms with Crippen LogP contribution in [0, 0.1) is 5.92 Å². The number of benzene rings is 2. The minimum atomic E-state index is -3.02. The second-order valence-corrected chi connectivity index (χ2v) is 9.91. The summed E-state index contributed by atoms with van der Waals surface area (Å²) < 4.78 is 42.4. The van der Waals surface area contributed by atoms with E-state index in [0.29, 0.717) is 39.4 Å². The maximum Gasteiger partial charge on any atom is 0.410 e. The monoisotopic (exact) mass is 565 g/mol. The molecular formula is C27H27Cl2F2N3O4. The Bertz CT molecular complexity index is 1240. The number of carbonyl (C=O) groups excluding carboxylic acids is 1. The summed E-state index contributed by atoms with van der Waals surface area (Å²) in [6.45, 7) is -2.37. The average molecular weight is 566 g/mol. The van der Waals surface area contributed by atoms with Gasteiger partial charge in [0.15, 0.2) is 11.5 Å². The lowest BCUT2D eigenvalue weighted by molar-refractivity contribution is -0.0515. The van der Waals surface area contributed by atoms with Gasteiger partial charge >= 0.3 is 12.7 Å². The molecule has 11 heteroatoms. The first kappa shape index (κ1) is 27.7. The highest BCUT2D eigenvalue weighted by Gasteiger charge is 2.26. The summed E-state index contributed by atoms with van der Waals surface area (Å²) in [6, 6.07) is 11.6. The molecule has 7 nitrogen and oxygen atoms in total. The second kappa shape index (κ2) is 12.5. The molecule has 0 spiro atoms. The fourth-order valence-corrected chi connectivity index (χ4v) is 4.26. The number of halogens is 4. The van der Waals surface area contributed by atoms with E-state index in [1.807, 2.05) is 12.1 Å². The molecule has 3 aromatic rings. The van der Waals surface area contributed by atoms with Crippen molar-refractivity contribution in [2.45, 2.75) is 38.5 Å². The fourth-order valence-electron chi connectivity index (χ4n) is 3.74. The Morgan fingerprint density at radius 1 is 1.11 bits per heavy atom. The van der Waals surface area contributed by atoms with E-state index in [1.54, 1.807) is 31.3 Å². The highest BCUT2D eigenvalue weighted by atomic mass is 35.5. The number of aromatic nitrogens is 1. The van der Waals surface area contributed by atoms with Crippen molar-refractivity contribution in [2.24, 2.45) is 5.92 Å². The van der Waals surface area contributed by atoms with Gasteiger partial charge in [0.05, 0.1) is 16.7 Å². The molecule has 1 aromatic heterocycles. The SMILES string of the molecule is CN(Cc1ccc(N)cc1)C(=O)O[C@@H](Cc1c(Cl)cncc1Cl)c1ccc(OC(F)F)c(OCC2CC2)c1. The molecule has 0 bridgehead atoms. The van der Waals surface area contributed by atoms with E-state index < -0.39 is 18.8 Å².